The van der Waals surface area contributed by atoms with E-state index in [4.69, 9.17) is 11.6 Å². The summed E-state index contributed by atoms with van der Waals surface area (Å²) in [6.07, 6.45) is 3.30. The molecule has 1 fully saturated rings. The topological polar surface area (TPSA) is 58.1 Å². The number of rotatable bonds is 2. The van der Waals surface area contributed by atoms with Gasteiger partial charge >= 0.3 is 0 Å². The van der Waals surface area contributed by atoms with Gasteiger partial charge in [-0.1, -0.05) is 0 Å². The lowest BCUT2D eigenvalue weighted by Crippen LogP contribution is -2.40. The molecule has 0 aliphatic carbocycles. The lowest BCUT2D eigenvalue weighted by molar-refractivity contribution is -0.125. The lowest BCUT2D eigenvalue weighted by atomic mass is 9.96. The Balaban J connectivity index is 2.05. The summed E-state index contributed by atoms with van der Waals surface area (Å²) in [5, 5.41) is 2.93. The third-order valence-corrected chi connectivity index (χ3v) is 3.85. The van der Waals surface area contributed by atoms with Crippen molar-refractivity contribution in [2.75, 3.05) is 25.0 Å². The van der Waals surface area contributed by atoms with Crippen LogP contribution in [0.4, 0.5) is 5.82 Å². The normalized spacial score (nSPS) is 16.7. The summed E-state index contributed by atoms with van der Waals surface area (Å²) in [6.45, 7) is 1.59. The molecule has 1 aromatic heterocycles. The minimum absolute atomic E-state index is 0.0994. The van der Waals surface area contributed by atoms with Gasteiger partial charge in [0.1, 0.15) is 5.82 Å². The van der Waals surface area contributed by atoms with Gasteiger partial charge in [0, 0.05) is 32.3 Å². The molecule has 1 aliphatic heterocycles. The molecular formula is C11H14BrClN4O. The van der Waals surface area contributed by atoms with Crippen LogP contribution in [0.15, 0.2) is 10.7 Å². The summed E-state index contributed by atoms with van der Waals surface area (Å²) in [7, 11) is 1.68. The van der Waals surface area contributed by atoms with E-state index in [-0.39, 0.29) is 17.1 Å². The highest BCUT2D eigenvalue weighted by molar-refractivity contribution is 9.10. The second-order valence-electron chi connectivity index (χ2n) is 4.19. The highest BCUT2D eigenvalue weighted by atomic mass is 79.9. The molecule has 98 valence electrons. The first-order valence-electron chi connectivity index (χ1n) is 5.76. The van der Waals surface area contributed by atoms with Crippen molar-refractivity contribution in [2.24, 2.45) is 5.92 Å². The molecule has 7 heteroatoms. The molecule has 18 heavy (non-hydrogen) atoms. The van der Waals surface area contributed by atoms with Crippen molar-refractivity contribution >= 4 is 39.3 Å². The largest absolute Gasteiger partial charge is 0.359 e. The van der Waals surface area contributed by atoms with Crippen molar-refractivity contribution in [1.82, 2.24) is 15.3 Å². The Morgan fingerprint density at radius 3 is 2.83 bits per heavy atom. The average Bonchev–Trinajstić information content (AvgIpc) is 2.41. The Hall–Kier alpha value is -0.880. The second-order valence-corrected chi connectivity index (χ2v) is 5.38. The fourth-order valence-corrected chi connectivity index (χ4v) is 2.69. The number of aromatic nitrogens is 2. The van der Waals surface area contributed by atoms with Crippen LogP contribution in [0.5, 0.6) is 0 Å². The van der Waals surface area contributed by atoms with Crippen molar-refractivity contribution in [2.45, 2.75) is 12.8 Å². The van der Waals surface area contributed by atoms with Gasteiger partial charge in [-0.05, 0) is 40.4 Å². The summed E-state index contributed by atoms with van der Waals surface area (Å²) >= 11 is 9.22. The van der Waals surface area contributed by atoms with Gasteiger partial charge < -0.3 is 10.2 Å². The van der Waals surface area contributed by atoms with Crippen LogP contribution in [-0.4, -0.2) is 36.0 Å². The molecule has 0 saturated carbocycles. The van der Waals surface area contributed by atoms with Crippen molar-refractivity contribution in [3.05, 3.63) is 16.0 Å². The SMILES string of the molecule is CNC(=O)C1CCN(c2nc(Cl)ncc2Br)CC1. The van der Waals surface area contributed by atoms with Crippen LogP contribution in [0.2, 0.25) is 5.28 Å². The van der Waals surface area contributed by atoms with Gasteiger partial charge in [-0.25, -0.2) is 4.98 Å². The number of nitrogens with one attached hydrogen (secondary N) is 1. The maximum Gasteiger partial charge on any atom is 0.224 e. The van der Waals surface area contributed by atoms with Crippen LogP contribution in [0.3, 0.4) is 0 Å². The molecule has 2 rings (SSSR count). The molecule has 1 saturated heterocycles. The number of anilines is 1. The second kappa shape index (κ2) is 5.84. The number of nitrogens with zero attached hydrogens (tertiary/aromatic N) is 3. The molecule has 1 amide bonds. The summed E-state index contributed by atoms with van der Waals surface area (Å²) in [6, 6.07) is 0. The first-order valence-corrected chi connectivity index (χ1v) is 6.93. The fraction of sp³-hybridized carbons (Fsp3) is 0.545. The molecule has 0 unspecified atom stereocenters. The van der Waals surface area contributed by atoms with E-state index in [0.717, 1.165) is 36.2 Å². The Morgan fingerprint density at radius 2 is 2.22 bits per heavy atom. The molecule has 0 spiro atoms. The summed E-state index contributed by atoms with van der Waals surface area (Å²) in [5.74, 6) is 1.02. The van der Waals surface area contributed by atoms with Gasteiger partial charge in [0.25, 0.3) is 0 Å². The molecule has 1 aromatic rings. The van der Waals surface area contributed by atoms with Crippen molar-refractivity contribution in [1.29, 1.82) is 0 Å². The smallest absolute Gasteiger partial charge is 0.224 e. The van der Waals surface area contributed by atoms with Gasteiger partial charge in [-0.2, -0.15) is 4.98 Å². The van der Waals surface area contributed by atoms with E-state index in [1.165, 1.54) is 0 Å². The summed E-state index contributed by atoms with van der Waals surface area (Å²) in [4.78, 5) is 21.8. The molecule has 1 aliphatic rings. The number of hydrogen-bond acceptors (Lipinski definition) is 4. The zero-order chi connectivity index (χ0) is 13.1. The predicted octanol–water partition coefficient (Wildman–Crippen LogP) is 1.85. The predicted molar refractivity (Wildman–Crippen MR) is 73.7 cm³/mol. The van der Waals surface area contributed by atoms with E-state index in [0.29, 0.717) is 0 Å². The van der Waals surface area contributed by atoms with Crippen LogP contribution in [-0.2, 0) is 4.79 Å². The number of piperidine rings is 1. The minimum Gasteiger partial charge on any atom is -0.359 e. The van der Waals surface area contributed by atoms with Crippen LogP contribution < -0.4 is 10.2 Å². The number of carbonyl (C=O) groups excluding carboxylic acids is 1. The zero-order valence-corrected chi connectivity index (χ0v) is 12.3. The standard InChI is InChI=1S/C11H14BrClN4O/c1-14-10(18)7-2-4-17(5-3-7)9-8(12)6-15-11(13)16-9/h6-7H,2-5H2,1H3,(H,14,18). The minimum atomic E-state index is 0.0994. The van der Waals surface area contributed by atoms with Crippen LogP contribution >= 0.6 is 27.5 Å². The van der Waals surface area contributed by atoms with Gasteiger partial charge in [0.2, 0.25) is 11.2 Å². The van der Waals surface area contributed by atoms with Crippen LogP contribution in [0.25, 0.3) is 0 Å². The zero-order valence-electron chi connectivity index (χ0n) is 9.99. The average molecular weight is 334 g/mol. The van der Waals surface area contributed by atoms with Crippen molar-refractivity contribution < 1.29 is 4.79 Å². The maximum atomic E-state index is 11.5. The van der Waals surface area contributed by atoms with E-state index in [1.54, 1.807) is 13.2 Å². The number of hydrogen-bond donors (Lipinski definition) is 1. The molecule has 5 nitrogen and oxygen atoms in total. The summed E-state index contributed by atoms with van der Waals surface area (Å²) < 4.78 is 0.824. The number of halogens is 2. The van der Waals surface area contributed by atoms with Crippen LogP contribution in [0.1, 0.15) is 12.8 Å². The van der Waals surface area contributed by atoms with E-state index in [9.17, 15) is 4.79 Å². The molecule has 0 atom stereocenters. The van der Waals surface area contributed by atoms with Gasteiger partial charge in [-0.15, -0.1) is 0 Å². The van der Waals surface area contributed by atoms with Gasteiger partial charge in [0.15, 0.2) is 0 Å². The molecule has 0 aromatic carbocycles. The Labute approximate surface area is 119 Å². The number of carbonyl (C=O) groups is 1. The van der Waals surface area contributed by atoms with E-state index in [2.05, 4.69) is 36.1 Å². The Morgan fingerprint density at radius 1 is 1.56 bits per heavy atom. The maximum absolute atomic E-state index is 11.5. The quantitative estimate of drug-likeness (QED) is 0.839. The highest BCUT2D eigenvalue weighted by Crippen LogP contribution is 2.28. The monoisotopic (exact) mass is 332 g/mol. The Kier molecular flexibility index (Phi) is 4.40. The molecule has 2 heterocycles. The van der Waals surface area contributed by atoms with Gasteiger partial charge in [0.05, 0.1) is 4.47 Å². The van der Waals surface area contributed by atoms with Crippen LogP contribution in [0, 0.1) is 5.92 Å². The first-order chi connectivity index (χ1) is 8.61. The van der Waals surface area contributed by atoms with Crippen molar-refractivity contribution in [3.8, 4) is 0 Å². The highest BCUT2D eigenvalue weighted by Gasteiger charge is 2.25. The van der Waals surface area contributed by atoms with E-state index in [1.807, 2.05) is 0 Å². The third kappa shape index (κ3) is 2.92. The molecule has 0 bridgehead atoms. The fourth-order valence-electron chi connectivity index (χ4n) is 2.12. The molecule has 1 N–H and O–H groups in total. The molecule has 0 radical (unpaired) electrons. The van der Waals surface area contributed by atoms with Crippen molar-refractivity contribution in [3.63, 3.8) is 0 Å². The third-order valence-electron chi connectivity index (χ3n) is 3.11. The Bertz CT molecular complexity index is 449. The summed E-state index contributed by atoms with van der Waals surface area (Å²) in [5.41, 5.74) is 0. The molecular weight excluding hydrogens is 320 g/mol. The van der Waals surface area contributed by atoms with E-state index >= 15 is 0 Å². The number of amides is 1. The first kappa shape index (κ1) is 13.5. The van der Waals surface area contributed by atoms with Gasteiger partial charge in [-0.3, -0.25) is 4.79 Å². The lowest BCUT2D eigenvalue weighted by Gasteiger charge is -2.32. The van der Waals surface area contributed by atoms with E-state index < -0.39 is 0 Å².